The van der Waals surface area contributed by atoms with Gasteiger partial charge in [0.1, 0.15) is 0 Å². The number of Topliss-reactive ketones (excluding diaryl/α,β-unsaturated/α-hetero) is 1. The Morgan fingerprint density at radius 3 is 2.22 bits per heavy atom. The van der Waals surface area contributed by atoms with E-state index in [0.29, 0.717) is 6.42 Å². The summed E-state index contributed by atoms with van der Waals surface area (Å²) in [6, 6.07) is -0.583. The first-order chi connectivity index (χ1) is 8.38. The van der Waals surface area contributed by atoms with E-state index in [1.54, 1.807) is 13.8 Å². The van der Waals surface area contributed by atoms with Crippen LogP contribution in [0.15, 0.2) is 0 Å². The summed E-state index contributed by atoms with van der Waals surface area (Å²) in [6.07, 6.45) is 1.39. The quantitative estimate of drug-likeness (QED) is 0.549. The van der Waals surface area contributed by atoms with E-state index in [1.165, 1.54) is 0 Å². The maximum Gasteiger partial charge on any atom is 0.239 e. The van der Waals surface area contributed by atoms with Crippen LogP contribution in [0.1, 0.15) is 33.6 Å². The topological polar surface area (TPSA) is 101 Å². The molecule has 0 aliphatic heterocycles. The molecule has 18 heavy (non-hydrogen) atoms. The van der Waals surface area contributed by atoms with E-state index in [9.17, 15) is 14.4 Å². The molecular formula is C12H23N3O3. The van der Waals surface area contributed by atoms with Crippen molar-refractivity contribution in [2.45, 2.75) is 39.7 Å². The van der Waals surface area contributed by atoms with Crippen LogP contribution in [0.4, 0.5) is 0 Å². The zero-order valence-electron chi connectivity index (χ0n) is 11.3. The van der Waals surface area contributed by atoms with Crippen molar-refractivity contribution in [3.63, 3.8) is 0 Å². The van der Waals surface area contributed by atoms with E-state index in [-0.39, 0.29) is 36.6 Å². The molecule has 2 amide bonds. The van der Waals surface area contributed by atoms with Gasteiger partial charge in [-0.2, -0.15) is 0 Å². The van der Waals surface area contributed by atoms with Crippen molar-refractivity contribution >= 4 is 17.6 Å². The van der Waals surface area contributed by atoms with Crippen molar-refractivity contribution in [3.8, 4) is 0 Å². The average Bonchev–Trinajstić information content (AvgIpc) is 2.32. The van der Waals surface area contributed by atoms with E-state index < -0.39 is 6.04 Å². The molecule has 0 saturated carbocycles. The summed E-state index contributed by atoms with van der Waals surface area (Å²) < 4.78 is 0. The highest BCUT2D eigenvalue weighted by atomic mass is 16.2. The van der Waals surface area contributed by atoms with Crippen LogP contribution in [0.25, 0.3) is 0 Å². The smallest absolute Gasteiger partial charge is 0.239 e. The van der Waals surface area contributed by atoms with Gasteiger partial charge in [0.15, 0.2) is 5.78 Å². The Morgan fingerprint density at radius 2 is 1.72 bits per heavy atom. The molecule has 0 saturated heterocycles. The van der Waals surface area contributed by atoms with E-state index in [1.807, 2.05) is 6.92 Å². The van der Waals surface area contributed by atoms with Gasteiger partial charge in [0.25, 0.3) is 0 Å². The molecule has 0 rings (SSSR count). The molecule has 1 atom stereocenters. The number of ketones is 1. The minimum Gasteiger partial charge on any atom is -0.347 e. The van der Waals surface area contributed by atoms with Gasteiger partial charge in [-0.25, -0.2) is 0 Å². The van der Waals surface area contributed by atoms with E-state index in [2.05, 4.69) is 10.6 Å². The maximum atomic E-state index is 11.4. The summed E-state index contributed by atoms with van der Waals surface area (Å²) >= 11 is 0. The highest BCUT2D eigenvalue weighted by Gasteiger charge is 2.14. The molecule has 6 heteroatoms. The highest BCUT2D eigenvalue weighted by Crippen LogP contribution is 1.93. The van der Waals surface area contributed by atoms with Gasteiger partial charge in [-0.1, -0.05) is 27.2 Å². The third-order valence-corrected chi connectivity index (χ3v) is 2.46. The number of carbonyl (C=O) groups is 3. The fourth-order valence-corrected chi connectivity index (χ4v) is 1.19. The van der Waals surface area contributed by atoms with E-state index in [0.717, 1.165) is 6.42 Å². The highest BCUT2D eigenvalue weighted by molar-refractivity contribution is 5.90. The van der Waals surface area contributed by atoms with Crippen LogP contribution in [0, 0.1) is 5.92 Å². The standard InChI is InChI=1S/C12H23N3O3/c1-4-5-9(13)12(18)15-7-11(17)14-6-10(16)8(2)3/h8-9H,4-7,13H2,1-3H3,(H,14,17)(H,15,18). The molecule has 0 spiro atoms. The minimum atomic E-state index is -0.583. The van der Waals surface area contributed by atoms with Gasteiger partial charge < -0.3 is 16.4 Å². The first-order valence-corrected chi connectivity index (χ1v) is 6.21. The Morgan fingerprint density at radius 1 is 1.11 bits per heavy atom. The van der Waals surface area contributed by atoms with Crippen molar-refractivity contribution in [1.29, 1.82) is 0 Å². The molecule has 0 aromatic rings. The zero-order chi connectivity index (χ0) is 14.1. The van der Waals surface area contributed by atoms with Gasteiger partial charge in [-0.3, -0.25) is 14.4 Å². The SMILES string of the molecule is CCCC(N)C(=O)NCC(=O)NCC(=O)C(C)C. The molecule has 0 aromatic heterocycles. The van der Waals surface area contributed by atoms with Crippen LogP contribution >= 0.6 is 0 Å². The largest absolute Gasteiger partial charge is 0.347 e. The van der Waals surface area contributed by atoms with E-state index >= 15 is 0 Å². The molecule has 1 unspecified atom stereocenters. The van der Waals surface area contributed by atoms with Gasteiger partial charge in [0, 0.05) is 5.92 Å². The summed E-state index contributed by atoms with van der Waals surface area (Å²) in [6.45, 7) is 5.30. The zero-order valence-corrected chi connectivity index (χ0v) is 11.3. The lowest BCUT2D eigenvalue weighted by atomic mass is 10.1. The van der Waals surface area contributed by atoms with Gasteiger partial charge in [-0.15, -0.1) is 0 Å². The van der Waals surface area contributed by atoms with Crippen LogP contribution < -0.4 is 16.4 Å². The van der Waals surface area contributed by atoms with Gasteiger partial charge in [-0.05, 0) is 6.42 Å². The van der Waals surface area contributed by atoms with Crippen molar-refractivity contribution < 1.29 is 14.4 Å². The third kappa shape index (κ3) is 7.01. The van der Waals surface area contributed by atoms with Crippen LogP contribution in [-0.2, 0) is 14.4 Å². The molecule has 0 radical (unpaired) electrons. The normalized spacial score (nSPS) is 12.1. The second kappa shape index (κ2) is 8.63. The Labute approximate surface area is 108 Å². The Bertz CT molecular complexity index is 303. The van der Waals surface area contributed by atoms with Crippen molar-refractivity contribution in [2.75, 3.05) is 13.1 Å². The van der Waals surface area contributed by atoms with Crippen molar-refractivity contribution in [3.05, 3.63) is 0 Å². The van der Waals surface area contributed by atoms with Crippen molar-refractivity contribution in [1.82, 2.24) is 10.6 Å². The number of hydrogen-bond donors (Lipinski definition) is 3. The predicted molar refractivity (Wildman–Crippen MR) is 68.7 cm³/mol. The van der Waals surface area contributed by atoms with Gasteiger partial charge in [0.2, 0.25) is 11.8 Å². The average molecular weight is 257 g/mol. The van der Waals surface area contributed by atoms with Crippen LogP contribution in [0.5, 0.6) is 0 Å². The summed E-state index contributed by atoms with van der Waals surface area (Å²) in [5.41, 5.74) is 5.58. The summed E-state index contributed by atoms with van der Waals surface area (Å²) in [4.78, 5) is 34.0. The van der Waals surface area contributed by atoms with Crippen molar-refractivity contribution in [2.24, 2.45) is 11.7 Å². The monoisotopic (exact) mass is 257 g/mol. The second-order valence-corrected chi connectivity index (χ2v) is 4.51. The molecule has 0 aromatic carbocycles. The first kappa shape index (κ1) is 16.6. The molecule has 104 valence electrons. The van der Waals surface area contributed by atoms with Crippen LogP contribution in [0.2, 0.25) is 0 Å². The lowest BCUT2D eigenvalue weighted by Gasteiger charge is -2.11. The van der Waals surface area contributed by atoms with Gasteiger partial charge in [0.05, 0.1) is 19.1 Å². The number of nitrogens with one attached hydrogen (secondary N) is 2. The Balaban J connectivity index is 3.83. The molecule has 0 heterocycles. The summed E-state index contributed by atoms with van der Waals surface area (Å²) in [7, 11) is 0. The van der Waals surface area contributed by atoms with E-state index in [4.69, 9.17) is 5.73 Å². The number of amides is 2. The summed E-state index contributed by atoms with van der Waals surface area (Å²) in [5, 5.41) is 4.88. The predicted octanol–water partition coefficient (Wildman–Crippen LogP) is -0.429. The minimum absolute atomic E-state index is 0.00656. The number of carbonyl (C=O) groups excluding carboxylic acids is 3. The molecule has 6 nitrogen and oxygen atoms in total. The van der Waals surface area contributed by atoms with Crippen LogP contribution in [-0.4, -0.2) is 36.7 Å². The van der Waals surface area contributed by atoms with Crippen LogP contribution in [0.3, 0.4) is 0 Å². The Kier molecular flexibility index (Phi) is 7.94. The molecule has 0 fully saturated rings. The lowest BCUT2D eigenvalue weighted by molar-refractivity contribution is -0.128. The number of hydrogen-bond acceptors (Lipinski definition) is 4. The summed E-state index contributed by atoms with van der Waals surface area (Å²) in [5.74, 6) is -0.890. The second-order valence-electron chi connectivity index (χ2n) is 4.51. The molecule has 0 aliphatic rings. The maximum absolute atomic E-state index is 11.4. The number of nitrogens with two attached hydrogens (primary N) is 1. The Hall–Kier alpha value is -1.43. The first-order valence-electron chi connectivity index (χ1n) is 6.21. The molecule has 0 aliphatic carbocycles. The number of rotatable bonds is 8. The molecular weight excluding hydrogens is 234 g/mol. The third-order valence-electron chi connectivity index (χ3n) is 2.46. The molecule has 4 N–H and O–H groups in total. The fraction of sp³-hybridized carbons (Fsp3) is 0.750. The molecule has 0 bridgehead atoms. The fourth-order valence-electron chi connectivity index (χ4n) is 1.19. The lowest BCUT2D eigenvalue weighted by Crippen LogP contribution is -2.45. The van der Waals surface area contributed by atoms with Gasteiger partial charge >= 0.3 is 0 Å².